The van der Waals surface area contributed by atoms with E-state index in [2.05, 4.69) is 15.6 Å². The fourth-order valence-electron chi connectivity index (χ4n) is 3.48. The molecule has 0 unspecified atom stereocenters. The summed E-state index contributed by atoms with van der Waals surface area (Å²) in [6.07, 6.45) is 2.71. The average molecular weight is 507 g/mol. The van der Waals surface area contributed by atoms with Crippen LogP contribution in [-0.4, -0.2) is 43.9 Å². The highest BCUT2D eigenvalue weighted by atomic mass is 19.1. The Morgan fingerprint density at radius 2 is 1.81 bits per heavy atom. The van der Waals surface area contributed by atoms with Crippen LogP contribution < -0.4 is 20.1 Å². The summed E-state index contributed by atoms with van der Waals surface area (Å²) in [5.41, 5.74) is 0.472. The van der Waals surface area contributed by atoms with Crippen molar-refractivity contribution in [3.8, 4) is 11.5 Å². The predicted molar refractivity (Wildman–Crippen MR) is 137 cm³/mol. The van der Waals surface area contributed by atoms with Crippen LogP contribution in [0.3, 0.4) is 0 Å². The molecule has 0 radical (unpaired) electrons. The summed E-state index contributed by atoms with van der Waals surface area (Å²) < 4.78 is 30.4. The second-order valence-corrected chi connectivity index (χ2v) is 7.70. The number of nitrogens with one attached hydrogen (secondary N) is 3. The molecular formula is C27H27FN4O5. The van der Waals surface area contributed by atoms with Gasteiger partial charge in [0.1, 0.15) is 17.3 Å². The molecule has 192 valence electrons. The van der Waals surface area contributed by atoms with Crippen LogP contribution in [-0.2, 0) is 20.9 Å². The van der Waals surface area contributed by atoms with E-state index in [1.807, 2.05) is 0 Å². The highest BCUT2D eigenvalue weighted by molar-refractivity contribution is 6.31. The van der Waals surface area contributed by atoms with Crippen LogP contribution in [0.1, 0.15) is 17.5 Å². The molecule has 0 saturated heterocycles. The molecular weight excluding hydrogens is 479 g/mol. The summed E-state index contributed by atoms with van der Waals surface area (Å²) in [5, 5.41) is 14.4. The number of para-hydroxylation sites is 2. The third-order valence-corrected chi connectivity index (χ3v) is 5.32. The maximum atomic E-state index is 15.3. The molecule has 37 heavy (non-hydrogen) atoms. The molecule has 3 rings (SSSR count). The van der Waals surface area contributed by atoms with Crippen LogP contribution in [0.2, 0.25) is 0 Å². The number of halogens is 1. The molecule has 0 bridgehead atoms. The first-order valence-electron chi connectivity index (χ1n) is 11.2. The number of hydrogen-bond donors (Lipinski definition) is 3. The third-order valence-electron chi connectivity index (χ3n) is 5.32. The van der Waals surface area contributed by atoms with E-state index in [1.54, 1.807) is 48.8 Å². The van der Waals surface area contributed by atoms with Gasteiger partial charge in [0.25, 0.3) is 5.91 Å². The van der Waals surface area contributed by atoms with Gasteiger partial charge in [0.05, 0.1) is 50.4 Å². The average Bonchev–Trinajstić information content (AvgIpc) is 2.91. The molecule has 2 aromatic carbocycles. The zero-order valence-corrected chi connectivity index (χ0v) is 20.6. The largest absolute Gasteiger partial charge is 0.497 e. The van der Waals surface area contributed by atoms with Crippen molar-refractivity contribution in [3.63, 3.8) is 0 Å². The summed E-state index contributed by atoms with van der Waals surface area (Å²) in [6, 6.07) is 14.4. The molecule has 0 aliphatic rings. The van der Waals surface area contributed by atoms with Crippen LogP contribution in [0.4, 0.5) is 10.1 Å². The Kier molecular flexibility index (Phi) is 9.31. The van der Waals surface area contributed by atoms with Crippen molar-refractivity contribution in [2.75, 3.05) is 26.6 Å². The zero-order valence-electron chi connectivity index (χ0n) is 20.6. The summed E-state index contributed by atoms with van der Waals surface area (Å²) in [4.78, 5) is 29.7. The Morgan fingerprint density at radius 1 is 1.03 bits per heavy atom. The minimum atomic E-state index is -0.748. The molecule has 0 saturated carbocycles. The van der Waals surface area contributed by atoms with Crippen LogP contribution in [0.5, 0.6) is 11.5 Å². The van der Waals surface area contributed by atoms with Crippen molar-refractivity contribution in [1.82, 2.24) is 10.3 Å². The van der Waals surface area contributed by atoms with Crippen molar-refractivity contribution in [3.05, 3.63) is 89.5 Å². The fourth-order valence-corrected chi connectivity index (χ4v) is 3.48. The van der Waals surface area contributed by atoms with Gasteiger partial charge in [-0.2, -0.15) is 0 Å². The SMILES string of the molecule is COC(=O)CC(=N)/C(C(=O)Nc1ccccc1OC)=C(\NCc1cccnc1)c1ccc(OC)cc1F. The Bertz CT molecular complexity index is 1310. The van der Waals surface area contributed by atoms with Gasteiger partial charge in [-0.15, -0.1) is 0 Å². The van der Waals surface area contributed by atoms with Crippen molar-refractivity contribution in [2.24, 2.45) is 0 Å². The van der Waals surface area contributed by atoms with Gasteiger partial charge < -0.3 is 30.3 Å². The highest BCUT2D eigenvalue weighted by Crippen LogP contribution is 2.28. The number of hydrogen-bond acceptors (Lipinski definition) is 8. The number of carbonyl (C=O) groups is 2. The van der Waals surface area contributed by atoms with Crippen molar-refractivity contribution in [1.29, 1.82) is 5.41 Å². The number of aromatic nitrogens is 1. The van der Waals surface area contributed by atoms with Gasteiger partial charge in [-0.3, -0.25) is 14.6 Å². The van der Waals surface area contributed by atoms with E-state index < -0.39 is 24.1 Å². The van der Waals surface area contributed by atoms with E-state index in [0.29, 0.717) is 11.4 Å². The van der Waals surface area contributed by atoms with E-state index in [1.165, 1.54) is 39.5 Å². The number of esters is 1. The molecule has 0 aliphatic carbocycles. The lowest BCUT2D eigenvalue weighted by molar-refractivity contribution is -0.139. The van der Waals surface area contributed by atoms with Gasteiger partial charge in [0, 0.05) is 30.6 Å². The van der Waals surface area contributed by atoms with Crippen molar-refractivity contribution < 1.29 is 28.2 Å². The van der Waals surface area contributed by atoms with Crippen LogP contribution in [0, 0.1) is 11.2 Å². The lowest BCUT2D eigenvalue weighted by atomic mass is 9.98. The normalized spacial score (nSPS) is 11.1. The Hall–Kier alpha value is -4.73. The molecule has 0 aliphatic heterocycles. The summed E-state index contributed by atoms with van der Waals surface area (Å²) in [5.74, 6) is -1.51. The molecule has 1 aromatic heterocycles. The second-order valence-electron chi connectivity index (χ2n) is 7.70. The lowest BCUT2D eigenvalue weighted by Gasteiger charge is -2.20. The standard InChI is InChI=1S/C27H27FN4O5/c1-35-18-10-11-19(20(28)13-18)26(31-16-17-7-6-12-30-15-17)25(21(29)14-24(33)37-3)27(34)32-22-8-4-5-9-23(22)36-2/h4-13,15,29,31H,14,16H2,1-3H3,(H,32,34)/b26-25+,29-21?. The summed E-state index contributed by atoms with van der Waals surface area (Å²) in [6.45, 7) is 0.158. The number of ether oxygens (including phenoxy) is 3. The number of anilines is 1. The quantitative estimate of drug-likeness (QED) is 0.204. The molecule has 3 aromatic rings. The molecule has 10 heteroatoms. The van der Waals surface area contributed by atoms with E-state index in [9.17, 15) is 9.59 Å². The smallest absolute Gasteiger partial charge is 0.311 e. The van der Waals surface area contributed by atoms with Gasteiger partial charge in [-0.1, -0.05) is 18.2 Å². The first-order valence-corrected chi connectivity index (χ1v) is 11.2. The number of benzene rings is 2. The van der Waals surface area contributed by atoms with Crippen molar-refractivity contribution >= 4 is 29.0 Å². The Morgan fingerprint density at radius 3 is 2.46 bits per heavy atom. The summed E-state index contributed by atoms with van der Waals surface area (Å²) >= 11 is 0. The number of nitrogens with zero attached hydrogens (tertiary/aromatic N) is 1. The first kappa shape index (κ1) is 26.9. The first-order chi connectivity index (χ1) is 17.9. The monoisotopic (exact) mass is 506 g/mol. The lowest BCUT2D eigenvalue weighted by Crippen LogP contribution is -2.28. The number of methoxy groups -OCH3 is 3. The molecule has 0 atom stereocenters. The fraction of sp³-hybridized carbons (Fsp3) is 0.185. The second kappa shape index (κ2) is 12.8. The minimum Gasteiger partial charge on any atom is -0.497 e. The van der Waals surface area contributed by atoms with E-state index in [4.69, 9.17) is 19.6 Å². The Balaban J connectivity index is 2.17. The van der Waals surface area contributed by atoms with Crippen LogP contribution >= 0.6 is 0 Å². The van der Waals surface area contributed by atoms with Crippen LogP contribution in [0.25, 0.3) is 5.70 Å². The van der Waals surface area contributed by atoms with Gasteiger partial charge in [-0.25, -0.2) is 4.39 Å². The molecule has 3 N–H and O–H groups in total. The number of carbonyl (C=O) groups excluding carboxylic acids is 2. The molecule has 1 amide bonds. The van der Waals surface area contributed by atoms with Gasteiger partial charge in [-0.05, 0) is 35.9 Å². The topological polar surface area (TPSA) is 123 Å². The molecule has 1 heterocycles. The highest BCUT2D eigenvalue weighted by Gasteiger charge is 2.26. The van der Waals surface area contributed by atoms with Crippen LogP contribution in [0.15, 0.2) is 72.6 Å². The van der Waals surface area contributed by atoms with E-state index in [0.717, 1.165) is 5.56 Å². The Labute approximate surface area is 213 Å². The maximum absolute atomic E-state index is 15.3. The maximum Gasteiger partial charge on any atom is 0.311 e. The van der Waals surface area contributed by atoms with Crippen molar-refractivity contribution in [2.45, 2.75) is 13.0 Å². The van der Waals surface area contributed by atoms with Gasteiger partial charge in [0.2, 0.25) is 0 Å². The van der Waals surface area contributed by atoms with E-state index >= 15 is 4.39 Å². The zero-order chi connectivity index (χ0) is 26.8. The minimum absolute atomic E-state index is 0.00415. The molecule has 0 fully saturated rings. The number of amides is 1. The summed E-state index contributed by atoms with van der Waals surface area (Å²) in [7, 11) is 4.04. The molecule has 9 nitrogen and oxygen atoms in total. The predicted octanol–water partition coefficient (Wildman–Crippen LogP) is 3.96. The third kappa shape index (κ3) is 6.91. The number of pyridine rings is 1. The van der Waals surface area contributed by atoms with Gasteiger partial charge in [0.15, 0.2) is 0 Å². The van der Waals surface area contributed by atoms with Gasteiger partial charge >= 0.3 is 5.97 Å². The number of rotatable bonds is 11. The van der Waals surface area contributed by atoms with E-state index in [-0.39, 0.29) is 34.8 Å². The molecule has 0 spiro atoms.